The zero-order chi connectivity index (χ0) is 20.3. The third-order valence-electron chi connectivity index (χ3n) is 4.16. The molecular formula is C19H20ClFN4O3. The summed E-state index contributed by atoms with van der Waals surface area (Å²) in [4.78, 5) is 21.6. The molecule has 1 aromatic carbocycles. The minimum absolute atomic E-state index is 0.00868. The second-order valence-corrected chi connectivity index (χ2v) is 6.71. The molecule has 3 aromatic rings. The highest BCUT2D eigenvalue weighted by Crippen LogP contribution is 2.31. The van der Waals surface area contributed by atoms with Crippen LogP contribution in [0.4, 0.5) is 15.8 Å². The number of halogens is 2. The van der Waals surface area contributed by atoms with Crippen molar-refractivity contribution in [2.45, 2.75) is 26.4 Å². The maximum atomic E-state index is 15.1. The number of carbonyl (C=O) groups is 1. The molecule has 0 fully saturated rings. The SMILES string of the molecule is CC[C@H](O)CONC(=O)c1cn2ccnc2c(F)c1Nc1ccc(C)cc1Cl. The molecule has 7 nitrogen and oxygen atoms in total. The van der Waals surface area contributed by atoms with Crippen LogP contribution in [-0.4, -0.2) is 33.1 Å². The smallest absolute Gasteiger partial charge is 0.278 e. The third kappa shape index (κ3) is 4.24. The number of fused-ring (bicyclic) bond motifs is 1. The van der Waals surface area contributed by atoms with Crippen LogP contribution in [0.25, 0.3) is 5.65 Å². The minimum Gasteiger partial charge on any atom is -0.391 e. The maximum Gasteiger partial charge on any atom is 0.278 e. The van der Waals surface area contributed by atoms with Gasteiger partial charge in [0.1, 0.15) is 6.61 Å². The minimum atomic E-state index is -0.711. The first kappa shape index (κ1) is 20.1. The lowest BCUT2D eigenvalue weighted by molar-refractivity contribution is -0.0133. The van der Waals surface area contributed by atoms with Crippen molar-refractivity contribution in [1.29, 1.82) is 0 Å². The Kier molecular flexibility index (Phi) is 6.13. The number of carbonyl (C=O) groups excluding carboxylic acids is 1. The molecule has 148 valence electrons. The molecule has 0 spiro atoms. The number of nitrogens with zero attached hydrogens (tertiary/aromatic N) is 2. The fraction of sp³-hybridized carbons (Fsp3) is 0.263. The number of hydroxylamine groups is 1. The average Bonchev–Trinajstić information content (AvgIpc) is 3.14. The first-order valence-corrected chi connectivity index (χ1v) is 9.07. The van der Waals surface area contributed by atoms with Crippen molar-refractivity contribution < 1.29 is 19.1 Å². The van der Waals surface area contributed by atoms with E-state index in [-0.39, 0.29) is 23.5 Å². The predicted octanol–water partition coefficient (Wildman–Crippen LogP) is 3.61. The van der Waals surface area contributed by atoms with Gasteiger partial charge >= 0.3 is 0 Å². The normalized spacial score (nSPS) is 12.2. The van der Waals surface area contributed by atoms with Gasteiger partial charge in [0, 0.05) is 18.6 Å². The molecule has 3 rings (SSSR count). The van der Waals surface area contributed by atoms with E-state index in [1.807, 2.05) is 13.0 Å². The van der Waals surface area contributed by atoms with Crippen LogP contribution in [0.2, 0.25) is 5.02 Å². The quantitative estimate of drug-likeness (QED) is 0.522. The lowest BCUT2D eigenvalue weighted by Gasteiger charge is -2.16. The summed E-state index contributed by atoms with van der Waals surface area (Å²) >= 11 is 6.24. The summed E-state index contributed by atoms with van der Waals surface area (Å²) < 4.78 is 16.5. The van der Waals surface area contributed by atoms with Crippen molar-refractivity contribution >= 4 is 34.5 Å². The maximum absolute atomic E-state index is 15.1. The number of aliphatic hydroxyl groups is 1. The topological polar surface area (TPSA) is 87.9 Å². The summed E-state index contributed by atoms with van der Waals surface area (Å²) in [5, 5.41) is 12.8. The van der Waals surface area contributed by atoms with E-state index >= 15 is 4.39 Å². The highest BCUT2D eigenvalue weighted by atomic mass is 35.5. The van der Waals surface area contributed by atoms with E-state index in [4.69, 9.17) is 16.4 Å². The van der Waals surface area contributed by atoms with E-state index < -0.39 is 17.8 Å². The Hall–Kier alpha value is -2.68. The molecular weight excluding hydrogens is 387 g/mol. The van der Waals surface area contributed by atoms with Crippen LogP contribution in [0.3, 0.4) is 0 Å². The summed E-state index contributed by atoms with van der Waals surface area (Å²) in [6, 6.07) is 5.24. The summed E-state index contributed by atoms with van der Waals surface area (Å²) in [5.74, 6) is -1.38. The molecule has 9 heteroatoms. The Balaban J connectivity index is 1.96. The molecule has 0 bridgehead atoms. The van der Waals surface area contributed by atoms with E-state index in [2.05, 4.69) is 15.8 Å². The van der Waals surface area contributed by atoms with Gasteiger partial charge in [-0.1, -0.05) is 24.6 Å². The second kappa shape index (κ2) is 8.55. The van der Waals surface area contributed by atoms with Crippen molar-refractivity contribution in [2.24, 2.45) is 0 Å². The highest BCUT2D eigenvalue weighted by molar-refractivity contribution is 6.33. The molecule has 2 aromatic heterocycles. The fourth-order valence-corrected chi connectivity index (χ4v) is 2.83. The Labute approximate surface area is 166 Å². The molecule has 1 atom stereocenters. The molecule has 0 saturated carbocycles. The molecule has 0 aliphatic carbocycles. The Morgan fingerprint density at radius 2 is 2.25 bits per heavy atom. The lowest BCUT2D eigenvalue weighted by Crippen LogP contribution is -2.29. The van der Waals surface area contributed by atoms with Crippen LogP contribution < -0.4 is 10.8 Å². The van der Waals surface area contributed by atoms with Crippen LogP contribution >= 0.6 is 11.6 Å². The van der Waals surface area contributed by atoms with E-state index in [0.717, 1.165) is 5.56 Å². The number of benzene rings is 1. The highest BCUT2D eigenvalue weighted by Gasteiger charge is 2.21. The molecule has 2 heterocycles. The fourth-order valence-electron chi connectivity index (χ4n) is 2.55. The average molecular weight is 407 g/mol. The van der Waals surface area contributed by atoms with Gasteiger partial charge in [-0.3, -0.25) is 9.63 Å². The number of hydrogen-bond acceptors (Lipinski definition) is 5. The summed E-state index contributed by atoms with van der Waals surface area (Å²) in [7, 11) is 0. The third-order valence-corrected chi connectivity index (χ3v) is 4.48. The van der Waals surface area contributed by atoms with Gasteiger partial charge in [-0.05, 0) is 31.0 Å². The zero-order valence-corrected chi connectivity index (χ0v) is 16.1. The van der Waals surface area contributed by atoms with Crippen LogP contribution in [0.5, 0.6) is 0 Å². The van der Waals surface area contributed by atoms with Crippen LogP contribution in [-0.2, 0) is 4.84 Å². The number of hydrogen-bond donors (Lipinski definition) is 3. The molecule has 0 radical (unpaired) electrons. The van der Waals surface area contributed by atoms with Crippen LogP contribution in [0.1, 0.15) is 29.3 Å². The summed E-state index contributed by atoms with van der Waals surface area (Å²) in [6.45, 7) is 3.59. The number of amides is 1. The first-order valence-electron chi connectivity index (χ1n) is 8.69. The molecule has 0 saturated heterocycles. The first-order chi connectivity index (χ1) is 13.4. The largest absolute Gasteiger partial charge is 0.391 e. The Morgan fingerprint density at radius 1 is 1.46 bits per heavy atom. The number of anilines is 2. The van der Waals surface area contributed by atoms with E-state index in [0.29, 0.717) is 17.1 Å². The second-order valence-electron chi connectivity index (χ2n) is 6.30. The van der Waals surface area contributed by atoms with Gasteiger partial charge in [0.25, 0.3) is 5.91 Å². The zero-order valence-electron chi connectivity index (χ0n) is 15.4. The standard InChI is InChI=1S/C19H20ClFN4O3/c1-3-12(26)10-28-24-19(27)13-9-25-7-6-22-18(25)16(21)17(13)23-15-5-4-11(2)8-14(15)20/h4-9,12,23,26H,3,10H2,1-2H3,(H,24,27)/t12-/m0/s1. The number of aryl methyl sites for hydroxylation is 1. The van der Waals surface area contributed by atoms with Gasteiger partial charge in [0.15, 0.2) is 11.5 Å². The van der Waals surface area contributed by atoms with Crippen molar-refractivity contribution in [3.05, 3.63) is 58.8 Å². The summed E-state index contributed by atoms with van der Waals surface area (Å²) in [5.41, 5.74) is 3.58. The van der Waals surface area contributed by atoms with Crippen molar-refractivity contribution in [3.8, 4) is 0 Å². The van der Waals surface area contributed by atoms with Crippen LogP contribution in [0.15, 0.2) is 36.8 Å². The Bertz CT molecular complexity index is 1010. The molecule has 3 N–H and O–H groups in total. The van der Waals surface area contributed by atoms with Gasteiger partial charge in [0.05, 0.1) is 28.1 Å². The number of nitrogens with one attached hydrogen (secondary N) is 2. The molecule has 1 amide bonds. The monoisotopic (exact) mass is 406 g/mol. The summed E-state index contributed by atoms with van der Waals surface area (Å²) in [6.07, 6.45) is 4.16. The number of rotatable bonds is 7. The van der Waals surface area contributed by atoms with Crippen LogP contribution in [0, 0.1) is 12.7 Å². The van der Waals surface area contributed by atoms with Crippen molar-refractivity contribution in [2.75, 3.05) is 11.9 Å². The number of imidazole rings is 1. The van der Waals surface area contributed by atoms with E-state index in [1.54, 1.807) is 19.1 Å². The van der Waals surface area contributed by atoms with E-state index in [1.165, 1.54) is 23.0 Å². The van der Waals surface area contributed by atoms with Gasteiger partial charge in [-0.25, -0.2) is 14.9 Å². The van der Waals surface area contributed by atoms with Gasteiger partial charge < -0.3 is 14.8 Å². The number of aliphatic hydroxyl groups excluding tert-OH is 1. The lowest BCUT2D eigenvalue weighted by atomic mass is 10.1. The molecule has 28 heavy (non-hydrogen) atoms. The van der Waals surface area contributed by atoms with Gasteiger partial charge in [-0.2, -0.15) is 0 Å². The van der Waals surface area contributed by atoms with Gasteiger partial charge in [0.2, 0.25) is 0 Å². The predicted molar refractivity (Wildman–Crippen MR) is 104 cm³/mol. The molecule has 0 aliphatic heterocycles. The Morgan fingerprint density at radius 3 is 2.96 bits per heavy atom. The van der Waals surface area contributed by atoms with Crippen molar-refractivity contribution in [1.82, 2.24) is 14.9 Å². The van der Waals surface area contributed by atoms with E-state index in [9.17, 15) is 9.90 Å². The van der Waals surface area contributed by atoms with Crippen molar-refractivity contribution in [3.63, 3.8) is 0 Å². The number of pyridine rings is 1. The van der Waals surface area contributed by atoms with Gasteiger partial charge in [-0.15, -0.1) is 0 Å². The number of aromatic nitrogens is 2. The molecule has 0 aliphatic rings. The molecule has 0 unspecified atom stereocenters.